The highest BCUT2D eigenvalue weighted by Gasteiger charge is 2.15. The van der Waals surface area contributed by atoms with Gasteiger partial charge in [-0.05, 0) is 0 Å². The Hall–Kier alpha value is -1.15. The maximum absolute atomic E-state index is 11.6. The molecule has 1 aromatic heterocycles. The zero-order valence-corrected chi connectivity index (χ0v) is 10.7. The minimum Gasteiger partial charge on any atom is -0.382 e. The van der Waals surface area contributed by atoms with Crippen molar-refractivity contribution in [2.75, 3.05) is 36.7 Å². The van der Waals surface area contributed by atoms with E-state index in [-0.39, 0.29) is 11.7 Å². The molecule has 0 radical (unpaired) electrons. The van der Waals surface area contributed by atoms with Crippen LogP contribution in [0.2, 0.25) is 0 Å². The highest BCUT2D eigenvalue weighted by Crippen LogP contribution is 2.23. The first-order valence-electron chi connectivity index (χ1n) is 4.57. The molecule has 4 N–H and O–H groups in total. The summed E-state index contributed by atoms with van der Waals surface area (Å²) in [5.74, 6) is 0.370. The molecule has 16 heavy (non-hydrogen) atoms. The fourth-order valence-corrected chi connectivity index (χ4v) is 2.13. The van der Waals surface area contributed by atoms with Gasteiger partial charge in [0.1, 0.15) is 10.7 Å². The Kier molecular flexibility index (Phi) is 4.69. The summed E-state index contributed by atoms with van der Waals surface area (Å²) < 4.78 is 10.8. The van der Waals surface area contributed by atoms with Gasteiger partial charge in [0.15, 0.2) is 5.13 Å². The number of nitrogen functional groups attached to an aromatic ring is 1. The summed E-state index contributed by atoms with van der Waals surface area (Å²) in [6.07, 6.45) is 1.59. The van der Waals surface area contributed by atoms with Crippen molar-refractivity contribution in [3.05, 3.63) is 4.88 Å². The van der Waals surface area contributed by atoms with E-state index in [0.29, 0.717) is 22.3 Å². The highest BCUT2D eigenvalue weighted by molar-refractivity contribution is 7.84. The number of nitrogens with zero attached hydrogens (tertiary/aromatic N) is 1. The van der Waals surface area contributed by atoms with Gasteiger partial charge in [-0.1, -0.05) is 11.3 Å². The van der Waals surface area contributed by atoms with Crippen LogP contribution in [0, 0.1) is 0 Å². The molecule has 0 fully saturated rings. The highest BCUT2D eigenvalue weighted by atomic mass is 32.2. The fraction of sp³-hybridized carbons (Fsp3) is 0.500. The normalized spacial score (nSPS) is 12.1. The van der Waals surface area contributed by atoms with Gasteiger partial charge in [-0.3, -0.25) is 9.00 Å². The van der Waals surface area contributed by atoms with Crippen molar-refractivity contribution >= 4 is 39.0 Å². The second kappa shape index (κ2) is 5.80. The van der Waals surface area contributed by atoms with E-state index in [4.69, 9.17) is 5.73 Å². The van der Waals surface area contributed by atoms with Gasteiger partial charge in [-0.2, -0.15) is 0 Å². The van der Waals surface area contributed by atoms with Gasteiger partial charge in [0.05, 0.1) is 0 Å². The molecule has 0 aromatic carbocycles. The van der Waals surface area contributed by atoms with Crippen molar-refractivity contribution in [3.8, 4) is 0 Å². The third kappa shape index (κ3) is 3.46. The van der Waals surface area contributed by atoms with Crippen LogP contribution in [0.3, 0.4) is 0 Å². The Bertz CT molecular complexity index is 405. The van der Waals surface area contributed by atoms with E-state index in [1.807, 2.05) is 0 Å². The lowest BCUT2D eigenvalue weighted by Crippen LogP contribution is -2.27. The smallest absolute Gasteiger partial charge is 0.265 e. The molecule has 1 unspecified atom stereocenters. The van der Waals surface area contributed by atoms with Crippen LogP contribution in [-0.2, 0) is 10.8 Å². The van der Waals surface area contributed by atoms with Gasteiger partial charge in [0.25, 0.3) is 5.91 Å². The van der Waals surface area contributed by atoms with E-state index < -0.39 is 10.8 Å². The summed E-state index contributed by atoms with van der Waals surface area (Å²) in [5.41, 5.74) is 5.59. The van der Waals surface area contributed by atoms with E-state index in [9.17, 15) is 9.00 Å². The molecule has 6 nitrogen and oxygen atoms in total. The summed E-state index contributed by atoms with van der Waals surface area (Å²) in [7, 11) is 0.798. The Morgan fingerprint density at radius 3 is 2.81 bits per heavy atom. The number of hydrogen-bond acceptors (Lipinski definition) is 6. The van der Waals surface area contributed by atoms with Crippen LogP contribution in [0.4, 0.5) is 10.9 Å². The molecule has 1 atom stereocenters. The molecule has 1 amide bonds. The maximum Gasteiger partial charge on any atom is 0.265 e. The van der Waals surface area contributed by atoms with Gasteiger partial charge in [-0.15, -0.1) is 0 Å². The Morgan fingerprint density at radius 2 is 2.31 bits per heavy atom. The summed E-state index contributed by atoms with van der Waals surface area (Å²) in [4.78, 5) is 16.0. The number of nitrogens with two attached hydrogens (primary N) is 1. The molecule has 0 saturated heterocycles. The number of amides is 1. The van der Waals surface area contributed by atoms with Gasteiger partial charge in [-0.25, -0.2) is 4.98 Å². The summed E-state index contributed by atoms with van der Waals surface area (Å²) in [6.45, 7) is 0.369. The number of hydrogen-bond donors (Lipinski definition) is 3. The SMILES string of the molecule is CNc1nc(N)c(C(=O)NCCS(C)=O)s1. The van der Waals surface area contributed by atoms with Crippen LogP contribution in [-0.4, -0.2) is 40.7 Å². The Labute approximate surface area is 100 Å². The van der Waals surface area contributed by atoms with Crippen molar-refractivity contribution in [2.45, 2.75) is 0 Å². The number of thiazole rings is 1. The zero-order valence-electron chi connectivity index (χ0n) is 9.07. The molecule has 0 aliphatic rings. The first-order chi connectivity index (χ1) is 7.54. The monoisotopic (exact) mass is 262 g/mol. The molecule has 0 bridgehead atoms. The molecule has 1 rings (SSSR count). The number of nitrogens with one attached hydrogen (secondary N) is 2. The lowest BCUT2D eigenvalue weighted by atomic mass is 10.4. The predicted molar refractivity (Wildman–Crippen MR) is 67.3 cm³/mol. The molecule has 0 aliphatic heterocycles. The van der Waals surface area contributed by atoms with Crippen molar-refractivity contribution in [1.29, 1.82) is 0 Å². The average molecular weight is 262 g/mol. The largest absolute Gasteiger partial charge is 0.382 e. The van der Waals surface area contributed by atoms with E-state index in [1.165, 1.54) is 11.3 Å². The number of carbonyl (C=O) groups is 1. The second-order valence-electron chi connectivity index (χ2n) is 3.02. The van der Waals surface area contributed by atoms with Crippen LogP contribution >= 0.6 is 11.3 Å². The number of carbonyl (C=O) groups excluding carboxylic acids is 1. The van der Waals surface area contributed by atoms with E-state index in [1.54, 1.807) is 13.3 Å². The molecular formula is C8H14N4O2S2. The van der Waals surface area contributed by atoms with Crippen LogP contribution in [0.1, 0.15) is 9.67 Å². The van der Waals surface area contributed by atoms with Crippen LogP contribution in [0.15, 0.2) is 0 Å². The molecule has 1 aromatic rings. The van der Waals surface area contributed by atoms with Crippen LogP contribution < -0.4 is 16.4 Å². The standard InChI is InChI=1S/C8H14N4O2S2/c1-10-8-12-6(9)5(15-8)7(13)11-3-4-16(2)14/h3-4,9H2,1-2H3,(H,10,12)(H,11,13). The minimum absolute atomic E-state index is 0.212. The van der Waals surface area contributed by atoms with E-state index >= 15 is 0 Å². The summed E-state index contributed by atoms with van der Waals surface area (Å²) in [6, 6.07) is 0. The van der Waals surface area contributed by atoms with Gasteiger partial charge in [0.2, 0.25) is 0 Å². The van der Waals surface area contributed by atoms with E-state index in [0.717, 1.165) is 0 Å². The van der Waals surface area contributed by atoms with Crippen LogP contribution in [0.25, 0.3) is 0 Å². The van der Waals surface area contributed by atoms with Crippen molar-refractivity contribution < 1.29 is 9.00 Å². The third-order valence-electron chi connectivity index (χ3n) is 1.75. The first-order valence-corrected chi connectivity index (χ1v) is 7.11. The molecular weight excluding hydrogens is 248 g/mol. The first kappa shape index (κ1) is 12.9. The summed E-state index contributed by atoms with van der Waals surface area (Å²) >= 11 is 1.19. The van der Waals surface area contributed by atoms with Crippen molar-refractivity contribution in [2.24, 2.45) is 0 Å². The third-order valence-corrected chi connectivity index (χ3v) is 3.62. The molecule has 0 spiro atoms. The predicted octanol–water partition coefficient (Wildman–Crippen LogP) is -0.125. The number of anilines is 2. The molecule has 8 heteroatoms. The molecule has 0 saturated carbocycles. The molecule has 1 heterocycles. The van der Waals surface area contributed by atoms with Gasteiger partial charge in [0, 0.05) is 36.4 Å². The van der Waals surface area contributed by atoms with Gasteiger partial charge < -0.3 is 16.4 Å². The molecule has 0 aliphatic carbocycles. The fourth-order valence-electron chi connectivity index (χ4n) is 0.990. The molecule has 90 valence electrons. The number of rotatable bonds is 5. The van der Waals surface area contributed by atoms with E-state index in [2.05, 4.69) is 15.6 Å². The maximum atomic E-state index is 11.6. The van der Waals surface area contributed by atoms with Gasteiger partial charge >= 0.3 is 0 Å². The Morgan fingerprint density at radius 1 is 1.62 bits per heavy atom. The lowest BCUT2D eigenvalue weighted by Gasteiger charge is -2.01. The second-order valence-corrected chi connectivity index (χ2v) is 5.57. The van der Waals surface area contributed by atoms with Crippen molar-refractivity contribution in [3.63, 3.8) is 0 Å². The van der Waals surface area contributed by atoms with Crippen LogP contribution in [0.5, 0.6) is 0 Å². The lowest BCUT2D eigenvalue weighted by molar-refractivity contribution is 0.0961. The summed E-state index contributed by atoms with van der Waals surface area (Å²) in [5, 5.41) is 6.05. The quantitative estimate of drug-likeness (QED) is 0.687. The average Bonchev–Trinajstić information content (AvgIpc) is 2.59. The number of aromatic nitrogens is 1. The zero-order chi connectivity index (χ0) is 12.1. The van der Waals surface area contributed by atoms with Crippen molar-refractivity contribution in [1.82, 2.24) is 10.3 Å². The Balaban J connectivity index is 2.58. The minimum atomic E-state index is -0.911. The topological polar surface area (TPSA) is 97.1 Å².